The first-order valence-corrected chi connectivity index (χ1v) is 4.13. The van der Waals surface area contributed by atoms with Gasteiger partial charge in [-0.05, 0) is 24.1 Å². The molecule has 0 amide bonds. The summed E-state index contributed by atoms with van der Waals surface area (Å²) in [6, 6.07) is 3.72. The van der Waals surface area contributed by atoms with Crippen molar-refractivity contribution < 1.29 is 16.4 Å². The zero-order chi connectivity index (χ0) is 11.4. The van der Waals surface area contributed by atoms with E-state index in [0.717, 1.165) is 0 Å². The quantitative estimate of drug-likeness (QED) is 0.663. The van der Waals surface area contributed by atoms with Crippen molar-refractivity contribution in [2.75, 3.05) is 0 Å². The van der Waals surface area contributed by atoms with Crippen LogP contribution in [0.25, 0.3) is 0 Å². The van der Waals surface area contributed by atoms with Gasteiger partial charge < -0.3 is 15.9 Å². The van der Waals surface area contributed by atoms with Crippen LogP contribution in [-0.2, 0) is 11.2 Å². The van der Waals surface area contributed by atoms with Crippen LogP contribution in [-0.4, -0.2) is 22.2 Å². The number of rotatable bonds is 3. The highest BCUT2D eigenvalue weighted by atomic mass is 16.4. The minimum atomic E-state index is -1.10. The fraction of sp³-hybridized carbons (Fsp3) is 0.300. The molecule has 1 aromatic carbocycles. The molecule has 0 fully saturated rings. The van der Waals surface area contributed by atoms with Crippen molar-refractivity contribution in [3.63, 3.8) is 0 Å². The average molecular weight is 196 g/mol. The smallest absolute Gasteiger partial charge is 0.320 e. The van der Waals surface area contributed by atoms with Gasteiger partial charge in [0.05, 0.1) is 0 Å². The molecular weight excluding hydrogens is 182 g/mol. The van der Waals surface area contributed by atoms with Crippen LogP contribution in [0.4, 0.5) is 0 Å². The predicted molar refractivity (Wildman–Crippen MR) is 52.2 cm³/mol. The predicted octanol–water partition coefficient (Wildman–Crippen LogP) is 0.655. The van der Waals surface area contributed by atoms with Crippen molar-refractivity contribution in [2.24, 2.45) is 5.73 Å². The molecule has 0 saturated heterocycles. The van der Waals surface area contributed by atoms with Gasteiger partial charge in [0.2, 0.25) is 0 Å². The van der Waals surface area contributed by atoms with Gasteiger partial charge in [-0.15, -0.1) is 0 Å². The number of hydrogen-bond donors (Lipinski definition) is 3. The van der Waals surface area contributed by atoms with E-state index >= 15 is 0 Å². The lowest BCUT2D eigenvalue weighted by Gasteiger charge is -2.08. The number of nitrogens with two attached hydrogens (primary N) is 1. The Balaban J connectivity index is 2.82. The van der Waals surface area contributed by atoms with E-state index in [2.05, 4.69) is 0 Å². The molecule has 4 nitrogen and oxygen atoms in total. The van der Waals surface area contributed by atoms with E-state index in [0.29, 0.717) is 11.1 Å². The Kier molecular flexibility index (Phi) is 2.65. The number of hydrogen-bond acceptors (Lipinski definition) is 3. The molecule has 1 rings (SSSR count). The highest BCUT2D eigenvalue weighted by molar-refractivity contribution is 5.73. The fourth-order valence-electron chi connectivity index (χ4n) is 1.11. The van der Waals surface area contributed by atoms with Gasteiger partial charge in [0.15, 0.2) is 0 Å². The van der Waals surface area contributed by atoms with Gasteiger partial charge in [0, 0.05) is 7.79 Å². The monoisotopic (exact) mass is 196 g/mol. The third-order valence-corrected chi connectivity index (χ3v) is 1.91. The van der Waals surface area contributed by atoms with Crippen LogP contribution in [0.5, 0.6) is 5.75 Å². The molecule has 76 valence electrons. The number of phenols is 1. The van der Waals surface area contributed by atoms with E-state index in [9.17, 15) is 9.90 Å². The number of carboxylic acids is 1. The third kappa shape index (κ3) is 2.47. The normalized spacial score (nSPS) is 13.4. The topological polar surface area (TPSA) is 83.6 Å². The standard InChI is InChI=1S/C10H13NO3/c1-6-2-3-7(9(12)4-6)5-8(11)10(13)14/h2-4,8,12H,5,11H2,1H3,(H,13,14)/t8-/m0/s1/i1D. The summed E-state index contributed by atoms with van der Waals surface area (Å²) in [5.74, 6) is -1.10. The summed E-state index contributed by atoms with van der Waals surface area (Å²) in [7, 11) is 0. The minimum absolute atomic E-state index is 0.00329. The number of carbonyl (C=O) groups is 1. The molecule has 0 aliphatic carbocycles. The van der Waals surface area contributed by atoms with Crippen LogP contribution in [0.3, 0.4) is 0 Å². The van der Waals surface area contributed by atoms with Crippen molar-refractivity contribution in [3.05, 3.63) is 29.3 Å². The van der Waals surface area contributed by atoms with E-state index < -0.39 is 12.0 Å². The largest absolute Gasteiger partial charge is 0.508 e. The zero-order valence-corrected chi connectivity index (χ0v) is 7.60. The van der Waals surface area contributed by atoms with Crippen molar-refractivity contribution in [3.8, 4) is 5.75 Å². The molecule has 0 spiro atoms. The van der Waals surface area contributed by atoms with E-state index in [1.165, 1.54) is 6.07 Å². The summed E-state index contributed by atoms with van der Waals surface area (Å²) in [5.41, 5.74) is 6.51. The maximum atomic E-state index is 10.5. The first kappa shape index (κ1) is 9.02. The van der Waals surface area contributed by atoms with E-state index in [1.807, 2.05) is 0 Å². The highest BCUT2D eigenvalue weighted by Gasteiger charge is 2.14. The van der Waals surface area contributed by atoms with E-state index in [-0.39, 0.29) is 19.1 Å². The van der Waals surface area contributed by atoms with Gasteiger partial charge in [-0.3, -0.25) is 4.79 Å². The molecule has 1 atom stereocenters. The van der Waals surface area contributed by atoms with E-state index in [1.54, 1.807) is 12.1 Å². The van der Waals surface area contributed by atoms with Crippen LogP contribution in [0, 0.1) is 6.90 Å². The molecule has 0 bridgehead atoms. The van der Waals surface area contributed by atoms with Crippen molar-refractivity contribution in [2.45, 2.75) is 19.4 Å². The Bertz CT molecular complexity index is 368. The van der Waals surface area contributed by atoms with Crippen molar-refractivity contribution >= 4 is 5.97 Å². The molecule has 0 heterocycles. The van der Waals surface area contributed by atoms with Crippen LogP contribution in [0.1, 0.15) is 12.5 Å². The molecule has 14 heavy (non-hydrogen) atoms. The summed E-state index contributed by atoms with van der Waals surface area (Å²) in [4.78, 5) is 10.5. The van der Waals surface area contributed by atoms with Crippen LogP contribution < -0.4 is 5.73 Å². The lowest BCUT2D eigenvalue weighted by Crippen LogP contribution is -2.32. The maximum absolute atomic E-state index is 10.5. The number of aryl methyl sites for hydroxylation is 1. The lowest BCUT2D eigenvalue weighted by molar-refractivity contribution is -0.138. The molecule has 4 N–H and O–H groups in total. The molecule has 0 aliphatic heterocycles. The van der Waals surface area contributed by atoms with Crippen LogP contribution >= 0.6 is 0 Å². The van der Waals surface area contributed by atoms with Crippen molar-refractivity contribution in [1.82, 2.24) is 0 Å². The first-order chi connectivity index (χ1) is 7.04. The minimum Gasteiger partial charge on any atom is -0.508 e. The number of aliphatic carboxylic acids is 1. The SMILES string of the molecule is [2H]Cc1ccc(C[C@H](N)C(=O)O)c(O)c1. The van der Waals surface area contributed by atoms with Gasteiger partial charge in [-0.1, -0.05) is 12.1 Å². The number of benzene rings is 1. The summed E-state index contributed by atoms with van der Waals surface area (Å²) in [5, 5.41) is 18.1. The van der Waals surface area contributed by atoms with Crippen molar-refractivity contribution in [1.29, 1.82) is 0 Å². The second-order valence-electron chi connectivity index (χ2n) is 3.11. The van der Waals surface area contributed by atoms with Gasteiger partial charge >= 0.3 is 5.97 Å². The van der Waals surface area contributed by atoms with Gasteiger partial charge in [-0.25, -0.2) is 0 Å². The summed E-state index contributed by atoms with van der Waals surface area (Å²) in [6.07, 6.45) is 0.0828. The Morgan fingerprint density at radius 1 is 1.71 bits per heavy atom. The van der Waals surface area contributed by atoms with Crippen LogP contribution in [0.2, 0.25) is 0 Å². The summed E-state index contributed by atoms with van der Waals surface area (Å²) in [6.45, 7) is 0.0822. The molecule has 0 saturated carbocycles. The molecule has 4 heteroatoms. The van der Waals surface area contributed by atoms with E-state index in [4.69, 9.17) is 12.2 Å². The second kappa shape index (κ2) is 4.11. The molecule has 0 aromatic heterocycles. The molecule has 1 aromatic rings. The zero-order valence-electron chi connectivity index (χ0n) is 8.60. The lowest BCUT2D eigenvalue weighted by atomic mass is 10.0. The van der Waals surface area contributed by atoms with Gasteiger partial charge in [-0.2, -0.15) is 0 Å². The molecule has 0 unspecified atom stereocenters. The molecule has 0 aliphatic rings. The second-order valence-corrected chi connectivity index (χ2v) is 3.11. The number of carboxylic acid groups (broad SMARTS) is 1. The average Bonchev–Trinajstić information content (AvgIpc) is 2.20. The summed E-state index contributed by atoms with van der Waals surface area (Å²) >= 11 is 0. The van der Waals surface area contributed by atoms with Gasteiger partial charge in [0.1, 0.15) is 11.8 Å². The number of aromatic hydroxyl groups is 1. The number of phenolic OH excluding ortho intramolecular Hbond substituents is 1. The Labute approximate surface area is 83.4 Å². The van der Waals surface area contributed by atoms with Crippen LogP contribution in [0.15, 0.2) is 18.2 Å². The Morgan fingerprint density at radius 3 is 2.93 bits per heavy atom. The summed E-state index contributed by atoms with van der Waals surface area (Å²) < 4.78 is 7.09. The highest BCUT2D eigenvalue weighted by Crippen LogP contribution is 2.19. The first-order valence-electron chi connectivity index (χ1n) is 4.83. The van der Waals surface area contributed by atoms with Gasteiger partial charge in [0.25, 0.3) is 0 Å². The third-order valence-electron chi connectivity index (χ3n) is 1.91. The Hall–Kier alpha value is -1.55. The molecule has 0 radical (unpaired) electrons. The fourth-order valence-corrected chi connectivity index (χ4v) is 1.11. The Morgan fingerprint density at radius 2 is 2.43 bits per heavy atom. The maximum Gasteiger partial charge on any atom is 0.320 e. The molecular formula is C10H13NO3.